The van der Waals surface area contributed by atoms with Gasteiger partial charge in [0, 0.05) is 18.3 Å². The second-order valence-corrected chi connectivity index (χ2v) is 10.3. The minimum atomic E-state index is -0.853. The Balaban J connectivity index is 1.28. The van der Waals surface area contributed by atoms with Gasteiger partial charge in [-0.2, -0.15) is 0 Å². The first kappa shape index (κ1) is 28.2. The molecule has 5 rings (SSSR count). The molecule has 13 heteroatoms. The number of imidazole rings is 1. The Morgan fingerprint density at radius 1 is 1.02 bits per heavy atom. The Kier molecular flexibility index (Phi) is 7.84. The van der Waals surface area contributed by atoms with Crippen molar-refractivity contribution in [1.82, 2.24) is 15.0 Å². The largest absolute Gasteiger partial charge is 0.484 e. The highest BCUT2D eigenvalue weighted by Crippen LogP contribution is 2.36. The number of fused-ring (bicyclic) bond motifs is 1. The molecule has 214 valence electrons. The maximum absolute atomic E-state index is 13.5. The molecular formula is C29H26FN7O4S. The molecule has 42 heavy (non-hydrogen) atoms. The smallest absolute Gasteiger partial charge is 0.266 e. The summed E-state index contributed by atoms with van der Waals surface area (Å²) < 4.78 is 19.1. The summed E-state index contributed by atoms with van der Waals surface area (Å²) in [6.45, 7) is 1.33. The van der Waals surface area contributed by atoms with E-state index in [9.17, 15) is 18.8 Å². The third-order valence-corrected chi connectivity index (χ3v) is 7.57. The fourth-order valence-electron chi connectivity index (χ4n) is 4.11. The third-order valence-electron chi connectivity index (χ3n) is 6.51. The lowest BCUT2D eigenvalue weighted by Crippen LogP contribution is -2.39. The first-order chi connectivity index (χ1) is 20.1. The number of H-pyrrole nitrogens is 1. The summed E-state index contributed by atoms with van der Waals surface area (Å²) in [6, 6.07) is 18.3. The number of aromatic nitrogens is 3. The molecule has 2 amide bonds. The number of ether oxygens (including phenoxy) is 1. The molecule has 0 bridgehead atoms. The van der Waals surface area contributed by atoms with Gasteiger partial charge in [-0.25, -0.2) is 14.4 Å². The van der Waals surface area contributed by atoms with Crippen LogP contribution in [0.3, 0.4) is 0 Å². The summed E-state index contributed by atoms with van der Waals surface area (Å²) in [6.07, 6.45) is 0. The predicted octanol–water partition coefficient (Wildman–Crippen LogP) is 4.03. The van der Waals surface area contributed by atoms with Gasteiger partial charge in [-0.3, -0.25) is 19.3 Å². The summed E-state index contributed by atoms with van der Waals surface area (Å²) in [5, 5.41) is 0.251. The van der Waals surface area contributed by atoms with Crippen molar-refractivity contribution in [3.8, 4) is 5.75 Å². The fourth-order valence-corrected chi connectivity index (χ4v) is 5.16. The standard InChI is InChI=1S/C29H26FN7O4S/c1-16(27(32)40)37(19-11-9-18(30)10-12-19)29-35-26(31)25(42-29)24(39)17-7-13-20(14-8-17)41-15-23(38)36(2)28-33-21-5-3-4-6-22(21)34-28/h3-14,16H,15,31H2,1-2H3,(H2,32,40)(H,33,34). The van der Waals surface area contributed by atoms with Crippen LogP contribution < -0.4 is 26.0 Å². The molecule has 5 N–H and O–H groups in total. The van der Waals surface area contributed by atoms with Crippen LogP contribution in [-0.4, -0.2) is 52.2 Å². The second kappa shape index (κ2) is 11.7. The molecule has 1 unspecified atom stereocenters. The van der Waals surface area contributed by atoms with Gasteiger partial charge in [-0.1, -0.05) is 23.5 Å². The summed E-state index contributed by atoms with van der Waals surface area (Å²) in [5.74, 6) is -1.05. The van der Waals surface area contributed by atoms with Crippen LogP contribution in [0.4, 0.5) is 27.0 Å². The van der Waals surface area contributed by atoms with Crippen molar-refractivity contribution in [2.24, 2.45) is 5.73 Å². The van der Waals surface area contributed by atoms with Gasteiger partial charge in [0.2, 0.25) is 17.6 Å². The van der Waals surface area contributed by atoms with Gasteiger partial charge < -0.3 is 26.1 Å². The van der Waals surface area contributed by atoms with E-state index in [2.05, 4.69) is 15.0 Å². The van der Waals surface area contributed by atoms with Crippen LogP contribution in [0.15, 0.2) is 72.8 Å². The first-order valence-electron chi connectivity index (χ1n) is 12.7. The monoisotopic (exact) mass is 587 g/mol. The summed E-state index contributed by atoms with van der Waals surface area (Å²) >= 11 is 0.985. The number of nitrogens with one attached hydrogen (secondary N) is 1. The van der Waals surface area contributed by atoms with Gasteiger partial charge >= 0.3 is 0 Å². The Morgan fingerprint density at radius 3 is 2.38 bits per heavy atom. The van der Waals surface area contributed by atoms with Crippen LogP contribution >= 0.6 is 11.3 Å². The molecule has 5 aromatic rings. The van der Waals surface area contributed by atoms with Crippen LogP contribution in [0.25, 0.3) is 11.0 Å². The van der Waals surface area contributed by atoms with Crippen LogP contribution in [-0.2, 0) is 9.59 Å². The highest BCUT2D eigenvalue weighted by molar-refractivity contribution is 7.18. The number of likely N-dealkylation sites (N-methyl/N-ethyl adjacent to an activating group) is 1. The lowest BCUT2D eigenvalue weighted by molar-refractivity contribution is -0.120. The van der Waals surface area contributed by atoms with Gasteiger partial charge in [-0.15, -0.1) is 0 Å². The number of thiazole rings is 1. The Morgan fingerprint density at radius 2 is 1.71 bits per heavy atom. The number of halogens is 1. The van der Waals surface area contributed by atoms with Gasteiger partial charge in [-0.05, 0) is 67.6 Å². The molecule has 0 saturated carbocycles. The highest BCUT2D eigenvalue weighted by Gasteiger charge is 2.27. The fraction of sp³-hybridized carbons (Fsp3) is 0.138. The van der Waals surface area contributed by atoms with Crippen molar-refractivity contribution in [3.63, 3.8) is 0 Å². The summed E-state index contributed by atoms with van der Waals surface area (Å²) in [5.41, 5.74) is 14.0. The van der Waals surface area contributed by atoms with Crippen LogP contribution in [0.1, 0.15) is 22.2 Å². The molecule has 0 radical (unpaired) electrons. The van der Waals surface area contributed by atoms with Crippen LogP contribution in [0.2, 0.25) is 0 Å². The molecule has 11 nitrogen and oxygen atoms in total. The number of hydrogen-bond donors (Lipinski definition) is 3. The molecule has 3 aromatic carbocycles. The number of primary amides is 1. The number of hydrogen-bond acceptors (Lipinski definition) is 9. The van der Waals surface area contributed by atoms with Crippen LogP contribution in [0.5, 0.6) is 5.75 Å². The molecule has 2 aromatic heterocycles. The normalized spacial score (nSPS) is 11.7. The number of nitrogens with two attached hydrogens (primary N) is 2. The van der Waals surface area contributed by atoms with Gasteiger partial charge in [0.1, 0.15) is 28.3 Å². The number of para-hydroxylation sites is 2. The van der Waals surface area contributed by atoms with E-state index in [-0.39, 0.29) is 28.3 Å². The van der Waals surface area contributed by atoms with E-state index in [1.807, 2.05) is 24.3 Å². The van der Waals surface area contributed by atoms with E-state index in [4.69, 9.17) is 16.2 Å². The molecule has 0 fully saturated rings. The van der Waals surface area contributed by atoms with Crippen LogP contribution in [0, 0.1) is 5.82 Å². The molecule has 2 heterocycles. The number of amides is 2. The number of carbonyl (C=O) groups excluding carboxylic acids is 3. The number of carbonyl (C=O) groups is 3. The third kappa shape index (κ3) is 5.76. The SMILES string of the molecule is CC(C(N)=O)N(c1ccc(F)cc1)c1nc(N)c(C(=O)c2ccc(OCC(=O)N(C)c3nc4ccccc4[nH]3)cc2)s1. The van der Waals surface area contributed by atoms with E-state index < -0.39 is 23.5 Å². The Labute approximate surface area is 243 Å². The maximum atomic E-state index is 13.5. The molecule has 1 atom stereocenters. The maximum Gasteiger partial charge on any atom is 0.266 e. The van der Waals surface area contributed by atoms with E-state index in [0.717, 1.165) is 22.4 Å². The number of benzene rings is 3. The zero-order valence-electron chi connectivity index (χ0n) is 22.6. The lowest BCUT2D eigenvalue weighted by Gasteiger charge is -2.26. The molecule has 0 saturated heterocycles. The Bertz CT molecular complexity index is 1740. The van der Waals surface area contributed by atoms with Gasteiger partial charge in [0.05, 0.1) is 11.0 Å². The molecule has 0 aliphatic carbocycles. The number of nitrogens with zero attached hydrogens (tertiary/aromatic N) is 4. The first-order valence-corrected chi connectivity index (χ1v) is 13.5. The van der Waals surface area contributed by atoms with E-state index in [0.29, 0.717) is 22.9 Å². The minimum Gasteiger partial charge on any atom is -0.484 e. The topological polar surface area (TPSA) is 161 Å². The number of anilines is 4. The molecule has 0 spiro atoms. The van der Waals surface area contributed by atoms with Gasteiger partial charge in [0.25, 0.3) is 5.91 Å². The number of ketones is 1. The van der Waals surface area contributed by atoms with Crippen molar-refractivity contribution < 1.29 is 23.5 Å². The predicted molar refractivity (Wildman–Crippen MR) is 159 cm³/mol. The number of rotatable bonds is 10. The van der Waals surface area contributed by atoms with E-state index in [1.54, 1.807) is 38.2 Å². The average Bonchev–Trinajstić information content (AvgIpc) is 3.60. The zero-order chi connectivity index (χ0) is 30.0. The molecule has 0 aliphatic rings. The highest BCUT2D eigenvalue weighted by atomic mass is 32.1. The zero-order valence-corrected chi connectivity index (χ0v) is 23.4. The quantitative estimate of drug-likeness (QED) is 0.207. The summed E-state index contributed by atoms with van der Waals surface area (Å²) in [4.78, 5) is 52.8. The average molecular weight is 588 g/mol. The molecular weight excluding hydrogens is 561 g/mol. The van der Waals surface area contributed by atoms with E-state index >= 15 is 0 Å². The van der Waals surface area contributed by atoms with Gasteiger partial charge in [0.15, 0.2) is 11.7 Å². The van der Waals surface area contributed by atoms with E-state index in [1.165, 1.54) is 34.1 Å². The van der Waals surface area contributed by atoms with Crippen molar-refractivity contribution in [2.75, 3.05) is 29.2 Å². The lowest BCUT2D eigenvalue weighted by atomic mass is 10.1. The van der Waals surface area contributed by atoms with Crippen molar-refractivity contribution in [1.29, 1.82) is 0 Å². The van der Waals surface area contributed by atoms with Crippen molar-refractivity contribution >= 4 is 62.6 Å². The van der Waals surface area contributed by atoms with Crippen molar-refractivity contribution in [2.45, 2.75) is 13.0 Å². The number of nitrogen functional groups attached to an aromatic ring is 1. The minimum absolute atomic E-state index is 0.0247. The molecule has 0 aliphatic heterocycles. The summed E-state index contributed by atoms with van der Waals surface area (Å²) in [7, 11) is 1.60. The van der Waals surface area contributed by atoms with Crippen molar-refractivity contribution in [3.05, 3.63) is 89.1 Å². The Hall–Kier alpha value is -5.30. The second-order valence-electron chi connectivity index (χ2n) is 9.31. The number of aromatic amines is 1.